The third-order valence-electron chi connectivity index (χ3n) is 4.20. The molecule has 0 aliphatic heterocycles. The van der Waals surface area contributed by atoms with Crippen molar-refractivity contribution in [3.63, 3.8) is 0 Å². The van der Waals surface area contributed by atoms with E-state index in [1.54, 1.807) is 23.1 Å². The Kier molecular flexibility index (Phi) is 6.42. The van der Waals surface area contributed by atoms with Crippen molar-refractivity contribution < 1.29 is 14.3 Å². The summed E-state index contributed by atoms with van der Waals surface area (Å²) >= 11 is 6.24. The van der Waals surface area contributed by atoms with Gasteiger partial charge in [0.15, 0.2) is 0 Å². The first-order valence-electron chi connectivity index (χ1n) is 7.88. The first-order valence-corrected chi connectivity index (χ1v) is 8.26. The topological polar surface area (TPSA) is 58.6 Å². The predicted octanol–water partition coefficient (Wildman–Crippen LogP) is 3.33. The molecule has 1 aliphatic rings. The van der Waals surface area contributed by atoms with Crippen LogP contribution in [-0.2, 0) is 9.53 Å². The van der Waals surface area contributed by atoms with Crippen LogP contribution in [0.4, 0.5) is 5.69 Å². The zero-order chi connectivity index (χ0) is 16.8. The minimum atomic E-state index is -0.262. The van der Waals surface area contributed by atoms with Crippen LogP contribution in [0.1, 0.15) is 42.5 Å². The molecule has 1 fully saturated rings. The summed E-state index contributed by atoms with van der Waals surface area (Å²) in [5, 5.41) is 3.01. The number of rotatable bonds is 5. The number of hydrogen-bond acceptors (Lipinski definition) is 3. The first kappa shape index (κ1) is 17.8. The van der Waals surface area contributed by atoms with Crippen LogP contribution in [0.15, 0.2) is 18.2 Å². The molecular weight excluding hydrogens is 316 g/mol. The van der Waals surface area contributed by atoms with E-state index in [9.17, 15) is 9.59 Å². The molecule has 0 heterocycles. The second-order valence-corrected chi connectivity index (χ2v) is 6.29. The Morgan fingerprint density at radius 1 is 1.30 bits per heavy atom. The monoisotopic (exact) mass is 338 g/mol. The highest BCUT2D eigenvalue weighted by molar-refractivity contribution is 6.34. The maximum absolute atomic E-state index is 12.6. The molecule has 0 saturated heterocycles. The number of nitrogens with one attached hydrogen (secondary N) is 1. The molecule has 0 radical (unpaired) electrons. The molecule has 2 amide bonds. The zero-order valence-electron chi connectivity index (χ0n) is 13.6. The standard InChI is InChI=1S/C17H23ClN2O3/c1-20(13-6-4-3-5-7-13)17(22)14-9-8-12(10-15(14)18)19-16(21)11-23-2/h8-10,13H,3-7,11H2,1-2H3,(H,19,21). The average Bonchev–Trinajstić information content (AvgIpc) is 2.54. The SMILES string of the molecule is COCC(=O)Nc1ccc(C(=O)N(C)C2CCCCC2)c(Cl)c1. The number of hydrogen-bond donors (Lipinski definition) is 1. The van der Waals surface area contributed by atoms with Crippen molar-refractivity contribution in [3.8, 4) is 0 Å². The van der Waals surface area contributed by atoms with E-state index in [2.05, 4.69) is 5.32 Å². The van der Waals surface area contributed by atoms with E-state index in [1.807, 2.05) is 7.05 Å². The molecule has 1 saturated carbocycles. The largest absolute Gasteiger partial charge is 0.375 e. The lowest BCUT2D eigenvalue weighted by molar-refractivity contribution is -0.119. The summed E-state index contributed by atoms with van der Waals surface area (Å²) in [4.78, 5) is 25.9. The second-order valence-electron chi connectivity index (χ2n) is 5.88. The van der Waals surface area contributed by atoms with E-state index in [0.29, 0.717) is 16.3 Å². The van der Waals surface area contributed by atoms with Crippen molar-refractivity contribution in [2.24, 2.45) is 0 Å². The third kappa shape index (κ3) is 4.69. The molecule has 1 aliphatic carbocycles. The Balaban J connectivity index is 2.07. The average molecular weight is 339 g/mol. The van der Waals surface area contributed by atoms with Crippen molar-refractivity contribution >= 4 is 29.1 Å². The molecule has 0 atom stereocenters. The molecule has 23 heavy (non-hydrogen) atoms. The van der Waals surface area contributed by atoms with Gasteiger partial charge in [-0.05, 0) is 31.0 Å². The number of halogens is 1. The lowest BCUT2D eigenvalue weighted by atomic mass is 9.94. The van der Waals surface area contributed by atoms with Crippen LogP contribution in [0.25, 0.3) is 0 Å². The fourth-order valence-corrected chi connectivity index (χ4v) is 3.18. The molecular formula is C17H23ClN2O3. The fourth-order valence-electron chi connectivity index (χ4n) is 2.92. The van der Waals surface area contributed by atoms with Crippen molar-refractivity contribution in [1.82, 2.24) is 4.90 Å². The number of nitrogens with zero attached hydrogens (tertiary/aromatic N) is 1. The van der Waals surface area contributed by atoms with Gasteiger partial charge in [-0.1, -0.05) is 30.9 Å². The highest BCUT2D eigenvalue weighted by atomic mass is 35.5. The van der Waals surface area contributed by atoms with Crippen LogP contribution in [-0.4, -0.2) is 43.5 Å². The van der Waals surface area contributed by atoms with Gasteiger partial charge < -0.3 is 15.0 Å². The lowest BCUT2D eigenvalue weighted by Crippen LogP contribution is -2.38. The van der Waals surface area contributed by atoms with E-state index < -0.39 is 0 Å². The third-order valence-corrected chi connectivity index (χ3v) is 4.51. The summed E-state index contributed by atoms with van der Waals surface area (Å²) in [6, 6.07) is 5.22. The minimum absolute atomic E-state index is 0.0251. The maximum atomic E-state index is 12.6. The van der Waals surface area contributed by atoms with Gasteiger partial charge in [-0.15, -0.1) is 0 Å². The number of ether oxygens (including phenoxy) is 1. The Labute approximate surface area is 141 Å². The number of carbonyl (C=O) groups is 2. The van der Waals surface area contributed by atoms with E-state index in [1.165, 1.54) is 26.4 Å². The number of amides is 2. The van der Waals surface area contributed by atoms with Crippen molar-refractivity contribution in [2.45, 2.75) is 38.1 Å². The molecule has 0 unspecified atom stereocenters. The van der Waals surface area contributed by atoms with Crippen molar-refractivity contribution in [1.29, 1.82) is 0 Å². The van der Waals surface area contributed by atoms with Gasteiger partial charge in [0.2, 0.25) is 5.91 Å². The first-order chi connectivity index (χ1) is 11.0. The molecule has 126 valence electrons. The molecule has 0 bridgehead atoms. The molecule has 0 spiro atoms. The Morgan fingerprint density at radius 2 is 2.00 bits per heavy atom. The molecule has 1 N–H and O–H groups in total. The minimum Gasteiger partial charge on any atom is -0.375 e. The Bertz CT molecular complexity index is 571. The molecule has 6 heteroatoms. The van der Waals surface area contributed by atoms with Crippen LogP contribution in [0.2, 0.25) is 5.02 Å². The van der Waals surface area contributed by atoms with E-state index in [0.717, 1.165) is 12.8 Å². The highest BCUT2D eigenvalue weighted by Crippen LogP contribution is 2.26. The van der Waals surface area contributed by atoms with Crippen molar-refractivity contribution in [2.75, 3.05) is 26.1 Å². The summed E-state index contributed by atoms with van der Waals surface area (Å²) in [7, 11) is 3.29. The predicted molar refractivity (Wildman–Crippen MR) is 90.9 cm³/mol. The van der Waals surface area contributed by atoms with Crippen LogP contribution in [0.5, 0.6) is 0 Å². The van der Waals surface area contributed by atoms with Crippen LogP contribution in [0.3, 0.4) is 0 Å². The van der Waals surface area contributed by atoms with Crippen molar-refractivity contribution in [3.05, 3.63) is 28.8 Å². The van der Waals surface area contributed by atoms with Crippen LogP contribution < -0.4 is 5.32 Å². The van der Waals surface area contributed by atoms with Gasteiger partial charge in [0, 0.05) is 25.9 Å². The smallest absolute Gasteiger partial charge is 0.255 e. The summed E-state index contributed by atoms with van der Waals surface area (Å²) < 4.78 is 4.76. The molecule has 1 aromatic rings. The summed E-state index contributed by atoms with van der Waals surface area (Å²) in [5.41, 5.74) is 1.01. The normalized spacial score (nSPS) is 15.3. The van der Waals surface area contributed by atoms with Crippen LogP contribution in [0, 0.1) is 0 Å². The zero-order valence-corrected chi connectivity index (χ0v) is 14.4. The van der Waals surface area contributed by atoms with Gasteiger partial charge in [-0.25, -0.2) is 0 Å². The van der Waals surface area contributed by atoms with Gasteiger partial charge >= 0.3 is 0 Å². The van der Waals surface area contributed by atoms with Crippen LogP contribution >= 0.6 is 11.6 Å². The lowest BCUT2D eigenvalue weighted by Gasteiger charge is -2.31. The summed E-state index contributed by atoms with van der Waals surface area (Å²) in [5.74, 6) is -0.335. The number of benzene rings is 1. The van der Waals surface area contributed by atoms with Gasteiger partial charge in [0.05, 0.1) is 10.6 Å². The summed E-state index contributed by atoms with van der Waals surface area (Å²) in [6.07, 6.45) is 5.67. The van der Waals surface area contributed by atoms with Gasteiger partial charge in [-0.2, -0.15) is 0 Å². The second kappa shape index (κ2) is 8.31. The Hall–Kier alpha value is -1.59. The van der Waals surface area contributed by atoms with E-state index in [-0.39, 0.29) is 24.5 Å². The number of methoxy groups -OCH3 is 1. The molecule has 0 aromatic heterocycles. The number of carbonyl (C=O) groups excluding carboxylic acids is 2. The quantitative estimate of drug-likeness (QED) is 0.895. The van der Waals surface area contributed by atoms with Gasteiger partial charge in [0.1, 0.15) is 6.61 Å². The number of anilines is 1. The molecule has 2 rings (SSSR count). The maximum Gasteiger partial charge on any atom is 0.255 e. The molecule has 5 nitrogen and oxygen atoms in total. The summed E-state index contributed by atoms with van der Waals surface area (Å²) in [6.45, 7) is -0.0251. The van der Waals surface area contributed by atoms with E-state index in [4.69, 9.17) is 16.3 Å². The van der Waals surface area contributed by atoms with Gasteiger partial charge in [0.25, 0.3) is 5.91 Å². The Morgan fingerprint density at radius 3 is 2.61 bits per heavy atom. The van der Waals surface area contributed by atoms with E-state index >= 15 is 0 Å². The van der Waals surface area contributed by atoms with Gasteiger partial charge in [-0.3, -0.25) is 9.59 Å². The fraction of sp³-hybridized carbons (Fsp3) is 0.529. The molecule has 1 aromatic carbocycles. The highest BCUT2D eigenvalue weighted by Gasteiger charge is 2.24.